The zero-order chi connectivity index (χ0) is 10.7. The molecule has 0 aliphatic rings. The van der Waals surface area contributed by atoms with Crippen molar-refractivity contribution in [1.29, 1.82) is 0 Å². The molecule has 2 aromatic heterocycles. The van der Waals surface area contributed by atoms with E-state index in [2.05, 4.69) is 20.6 Å². The molecule has 0 saturated heterocycles. The van der Waals surface area contributed by atoms with Crippen molar-refractivity contribution in [3.63, 3.8) is 0 Å². The van der Waals surface area contributed by atoms with E-state index >= 15 is 0 Å². The number of hydrogen-bond acceptors (Lipinski definition) is 3. The molecule has 0 unspecified atom stereocenters. The van der Waals surface area contributed by atoms with Crippen molar-refractivity contribution < 1.29 is 4.79 Å². The molecule has 0 radical (unpaired) electrons. The van der Waals surface area contributed by atoms with E-state index in [4.69, 9.17) is 0 Å². The second-order valence-corrected chi connectivity index (χ2v) is 3.18. The summed E-state index contributed by atoms with van der Waals surface area (Å²) in [5.74, 6) is 0.498. The summed E-state index contributed by atoms with van der Waals surface area (Å²) >= 11 is 0. The van der Waals surface area contributed by atoms with Gasteiger partial charge in [0.2, 0.25) is 5.91 Å². The van der Waals surface area contributed by atoms with Gasteiger partial charge >= 0.3 is 0 Å². The van der Waals surface area contributed by atoms with Crippen LogP contribution in [0.3, 0.4) is 0 Å². The number of nitrogens with zero attached hydrogens (tertiary/aromatic N) is 3. The van der Waals surface area contributed by atoms with E-state index in [1.807, 2.05) is 6.92 Å². The Balaban J connectivity index is 1.96. The quantitative estimate of drug-likeness (QED) is 0.768. The van der Waals surface area contributed by atoms with Crippen LogP contribution in [0.5, 0.6) is 0 Å². The molecule has 2 rings (SSSR count). The Labute approximate surface area is 86.3 Å². The number of anilines is 1. The Hall–Kier alpha value is -2.11. The topological polar surface area (TPSA) is 75.6 Å². The molecule has 0 spiro atoms. The van der Waals surface area contributed by atoms with Gasteiger partial charge in [-0.05, 0) is 13.0 Å². The molecule has 0 bridgehead atoms. The van der Waals surface area contributed by atoms with Crippen molar-refractivity contribution in [2.24, 2.45) is 0 Å². The van der Waals surface area contributed by atoms with E-state index in [1.165, 1.54) is 0 Å². The molecule has 0 aliphatic carbocycles. The second kappa shape index (κ2) is 3.95. The van der Waals surface area contributed by atoms with Gasteiger partial charge in [-0.15, -0.1) is 0 Å². The minimum absolute atomic E-state index is 0.133. The van der Waals surface area contributed by atoms with Crippen molar-refractivity contribution in [3.8, 4) is 0 Å². The predicted octanol–water partition coefficient (Wildman–Crippen LogP) is 0.553. The first-order valence-electron chi connectivity index (χ1n) is 4.53. The first-order valence-corrected chi connectivity index (χ1v) is 4.53. The Morgan fingerprint density at radius 3 is 3.13 bits per heavy atom. The first kappa shape index (κ1) is 9.45. The molecule has 15 heavy (non-hydrogen) atoms. The number of H-pyrrole nitrogens is 1. The van der Waals surface area contributed by atoms with Crippen molar-refractivity contribution in [1.82, 2.24) is 20.0 Å². The van der Waals surface area contributed by atoms with Gasteiger partial charge in [0.15, 0.2) is 0 Å². The zero-order valence-corrected chi connectivity index (χ0v) is 8.27. The van der Waals surface area contributed by atoms with Gasteiger partial charge in [-0.25, -0.2) is 0 Å². The van der Waals surface area contributed by atoms with E-state index < -0.39 is 0 Å². The molecule has 0 saturated carbocycles. The standard InChI is InChI=1S/C9H11N5O/c1-7-5-10-13-9(7)12-8(15)6-14-4-2-3-11-14/h2-5H,6H2,1H3,(H2,10,12,13,15). The third-order valence-electron chi connectivity index (χ3n) is 1.96. The number of aromatic amines is 1. The molecular formula is C9H11N5O. The van der Waals surface area contributed by atoms with Crippen LogP contribution in [0.25, 0.3) is 0 Å². The van der Waals surface area contributed by atoms with Crippen molar-refractivity contribution >= 4 is 11.7 Å². The number of nitrogens with one attached hydrogen (secondary N) is 2. The zero-order valence-electron chi connectivity index (χ0n) is 8.27. The lowest BCUT2D eigenvalue weighted by Crippen LogP contribution is -2.19. The molecule has 2 aromatic rings. The molecule has 0 atom stereocenters. The fraction of sp³-hybridized carbons (Fsp3) is 0.222. The number of amides is 1. The van der Waals surface area contributed by atoms with Gasteiger partial charge in [0.05, 0.1) is 6.20 Å². The Bertz CT molecular complexity index is 445. The fourth-order valence-electron chi connectivity index (χ4n) is 1.19. The normalized spacial score (nSPS) is 10.2. The van der Waals surface area contributed by atoms with Gasteiger partial charge in [0, 0.05) is 18.0 Å². The van der Waals surface area contributed by atoms with Gasteiger partial charge in [-0.1, -0.05) is 0 Å². The van der Waals surface area contributed by atoms with Crippen LogP contribution in [0.15, 0.2) is 24.7 Å². The fourth-order valence-corrected chi connectivity index (χ4v) is 1.19. The molecule has 0 fully saturated rings. The first-order chi connectivity index (χ1) is 7.25. The number of hydrogen-bond donors (Lipinski definition) is 2. The summed E-state index contributed by atoms with van der Waals surface area (Å²) in [5.41, 5.74) is 0.906. The predicted molar refractivity (Wildman–Crippen MR) is 54.2 cm³/mol. The van der Waals surface area contributed by atoms with Gasteiger partial charge in [-0.3, -0.25) is 14.6 Å². The maximum Gasteiger partial charge on any atom is 0.247 e. The second-order valence-electron chi connectivity index (χ2n) is 3.18. The number of aryl methyl sites for hydroxylation is 1. The molecular weight excluding hydrogens is 194 g/mol. The molecule has 2 N–H and O–H groups in total. The summed E-state index contributed by atoms with van der Waals surface area (Å²) in [6.45, 7) is 2.07. The molecule has 2 heterocycles. The summed E-state index contributed by atoms with van der Waals surface area (Å²) in [4.78, 5) is 11.5. The lowest BCUT2D eigenvalue weighted by Gasteiger charge is -2.03. The van der Waals surface area contributed by atoms with Crippen LogP contribution in [0.4, 0.5) is 5.82 Å². The molecule has 0 aliphatic heterocycles. The third-order valence-corrected chi connectivity index (χ3v) is 1.96. The van der Waals surface area contributed by atoms with Crippen LogP contribution >= 0.6 is 0 Å². The Kier molecular flexibility index (Phi) is 2.49. The molecule has 0 aromatic carbocycles. The van der Waals surface area contributed by atoms with Crippen LogP contribution in [0.1, 0.15) is 5.56 Å². The highest BCUT2D eigenvalue weighted by Gasteiger charge is 2.06. The highest BCUT2D eigenvalue weighted by Crippen LogP contribution is 2.07. The maximum absolute atomic E-state index is 11.5. The highest BCUT2D eigenvalue weighted by molar-refractivity contribution is 5.90. The van der Waals surface area contributed by atoms with Gasteiger partial charge in [-0.2, -0.15) is 10.2 Å². The summed E-state index contributed by atoms with van der Waals surface area (Å²) in [5, 5.41) is 13.2. The smallest absolute Gasteiger partial charge is 0.247 e. The Morgan fingerprint density at radius 1 is 1.67 bits per heavy atom. The van der Waals surface area contributed by atoms with Gasteiger partial charge in [0.1, 0.15) is 12.4 Å². The van der Waals surface area contributed by atoms with Crippen LogP contribution < -0.4 is 5.32 Å². The van der Waals surface area contributed by atoms with E-state index in [0.717, 1.165) is 5.56 Å². The monoisotopic (exact) mass is 205 g/mol. The number of aromatic nitrogens is 4. The van der Waals surface area contributed by atoms with Gasteiger partial charge in [0.25, 0.3) is 0 Å². The lowest BCUT2D eigenvalue weighted by molar-refractivity contribution is -0.116. The van der Waals surface area contributed by atoms with Crippen LogP contribution in [0.2, 0.25) is 0 Å². The minimum Gasteiger partial charge on any atom is -0.309 e. The summed E-state index contributed by atoms with van der Waals surface area (Å²) in [7, 11) is 0. The average molecular weight is 205 g/mol. The van der Waals surface area contributed by atoms with Crippen molar-refractivity contribution in [2.45, 2.75) is 13.5 Å². The molecule has 78 valence electrons. The van der Waals surface area contributed by atoms with Crippen LogP contribution in [0, 0.1) is 6.92 Å². The van der Waals surface area contributed by atoms with E-state index in [0.29, 0.717) is 5.82 Å². The van der Waals surface area contributed by atoms with Crippen molar-refractivity contribution in [3.05, 3.63) is 30.2 Å². The summed E-state index contributed by atoms with van der Waals surface area (Å²) < 4.78 is 1.56. The SMILES string of the molecule is Cc1cn[nH]c1NC(=O)Cn1cccn1. The maximum atomic E-state index is 11.5. The minimum atomic E-state index is -0.133. The number of carbonyl (C=O) groups excluding carboxylic acids is 1. The lowest BCUT2D eigenvalue weighted by atomic mass is 10.4. The van der Waals surface area contributed by atoms with Crippen molar-refractivity contribution in [2.75, 3.05) is 5.32 Å². The van der Waals surface area contributed by atoms with Gasteiger partial charge < -0.3 is 5.32 Å². The van der Waals surface area contributed by atoms with E-state index in [9.17, 15) is 4.79 Å². The number of rotatable bonds is 3. The van der Waals surface area contributed by atoms with Crippen LogP contribution in [-0.4, -0.2) is 25.9 Å². The molecule has 6 heteroatoms. The largest absolute Gasteiger partial charge is 0.309 e. The highest BCUT2D eigenvalue weighted by atomic mass is 16.2. The van der Waals surface area contributed by atoms with Crippen LogP contribution in [-0.2, 0) is 11.3 Å². The third kappa shape index (κ3) is 2.22. The summed E-state index contributed by atoms with van der Waals surface area (Å²) in [6.07, 6.45) is 5.03. The summed E-state index contributed by atoms with van der Waals surface area (Å²) in [6, 6.07) is 1.77. The number of carbonyl (C=O) groups is 1. The van der Waals surface area contributed by atoms with E-state index in [1.54, 1.807) is 29.3 Å². The average Bonchev–Trinajstić information content (AvgIpc) is 2.79. The molecule has 1 amide bonds. The Morgan fingerprint density at radius 2 is 2.53 bits per heavy atom. The van der Waals surface area contributed by atoms with E-state index in [-0.39, 0.29) is 12.5 Å². The molecule has 6 nitrogen and oxygen atoms in total.